The normalized spacial score (nSPS) is 15.2. The molecule has 0 bridgehead atoms. The average Bonchev–Trinajstić information content (AvgIpc) is 3.60. The molecule has 1 atom stereocenters. The lowest BCUT2D eigenvalue weighted by Crippen LogP contribution is -2.35. The smallest absolute Gasteiger partial charge is 0.349 e. The zero-order chi connectivity index (χ0) is 23.7. The fourth-order valence-corrected chi connectivity index (χ4v) is 3.97. The Hall–Kier alpha value is -4.69. The number of amides is 2. The summed E-state index contributed by atoms with van der Waals surface area (Å²) in [5.41, 5.74) is 2.44. The Labute approximate surface area is 192 Å². The Balaban J connectivity index is 1.43. The van der Waals surface area contributed by atoms with Crippen molar-refractivity contribution >= 4 is 34.1 Å². The van der Waals surface area contributed by atoms with E-state index in [9.17, 15) is 19.6 Å². The van der Waals surface area contributed by atoms with Gasteiger partial charge in [-0.05, 0) is 49.7 Å². The van der Waals surface area contributed by atoms with Crippen molar-refractivity contribution < 1.29 is 14.1 Å². The van der Waals surface area contributed by atoms with Crippen molar-refractivity contribution in [2.24, 2.45) is 0 Å². The van der Waals surface area contributed by atoms with Crippen LogP contribution in [0.4, 0.5) is 11.4 Å². The third-order valence-electron chi connectivity index (χ3n) is 5.63. The quantitative estimate of drug-likeness (QED) is 0.306. The molecule has 1 aliphatic rings. The van der Waals surface area contributed by atoms with E-state index in [0.717, 1.165) is 24.8 Å². The predicted octanol–water partition coefficient (Wildman–Crippen LogP) is 2.33. The molecule has 11 heteroatoms. The van der Waals surface area contributed by atoms with Crippen molar-refractivity contribution in [1.82, 2.24) is 20.4 Å². The number of hydrogen-bond acceptors (Lipinski definition) is 7. The molecule has 1 unspecified atom stereocenters. The topological polar surface area (TPSA) is 169 Å². The van der Waals surface area contributed by atoms with Crippen LogP contribution in [0.25, 0.3) is 22.3 Å². The van der Waals surface area contributed by atoms with E-state index < -0.39 is 11.7 Å². The van der Waals surface area contributed by atoms with Gasteiger partial charge >= 0.3 is 5.76 Å². The van der Waals surface area contributed by atoms with E-state index in [0.29, 0.717) is 28.0 Å². The first-order chi connectivity index (χ1) is 16.5. The summed E-state index contributed by atoms with van der Waals surface area (Å²) >= 11 is 0. The predicted molar refractivity (Wildman–Crippen MR) is 123 cm³/mol. The van der Waals surface area contributed by atoms with Gasteiger partial charge in [0.1, 0.15) is 5.69 Å². The van der Waals surface area contributed by atoms with Gasteiger partial charge in [-0.3, -0.25) is 19.1 Å². The molecule has 5 N–H and O–H groups in total. The fraction of sp³-hybridized carbons (Fsp3) is 0.174. The van der Waals surface area contributed by atoms with E-state index in [1.54, 1.807) is 24.3 Å². The van der Waals surface area contributed by atoms with Gasteiger partial charge in [-0.2, -0.15) is 5.26 Å². The first-order valence-electron chi connectivity index (χ1n) is 10.6. The lowest BCUT2D eigenvalue weighted by Gasteiger charge is -2.11. The minimum Gasteiger partial charge on any atom is -0.349 e. The molecule has 0 spiro atoms. The fourth-order valence-electron chi connectivity index (χ4n) is 3.97. The third-order valence-corrected chi connectivity index (χ3v) is 5.63. The largest absolute Gasteiger partial charge is 0.439 e. The summed E-state index contributed by atoms with van der Waals surface area (Å²) in [7, 11) is 0. The van der Waals surface area contributed by atoms with Crippen LogP contribution >= 0.6 is 0 Å². The molecule has 4 aromatic rings. The van der Waals surface area contributed by atoms with Crippen LogP contribution in [0.1, 0.15) is 28.9 Å². The van der Waals surface area contributed by atoms with Gasteiger partial charge in [-0.15, -0.1) is 0 Å². The number of H-pyrrole nitrogens is 2. The Morgan fingerprint density at radius 2 is 2.00 bits per heavy atom. The molecule has 5 rings (SSSR count). The number of para-hydroxylation sites is 1. The molecule has 0 aliphatic carbocycles. The minimum atomic E-state index is -0.757. The second-order valence-corrected chi connectivity index (χ2v) is 7.86. The van der Waals surface area contributed by atoms with Crippen LogP contribution in [0.3, 0.4) is 0 Å². The summed E-state index contributed by atoms with van der Waals surface area (Å²) in [5.74, 6) is -1.25. The highest BCUT2D eigenvalue weighted by Crippen LogP contribution is 2.28. The molecular weight excluding hydrogens is 438 g/mol. The second kappa shape index (κ2) is 8.68. The number of nitrogens with zero attached hydrogens (tertiary/aromatic N) is 2. The highest BCUT2D eigenvalue weighted by atomic mass is 16.5. The van der Waals surface area contributed by atoms with Crippen molar-refractivity contribution in [3.8, 4) is 17.5 Å². The zero-order valence-corrected chi connectivity index (χ0v) is 17.8. The van der Waals surface area contributed by atoms with Gasteiger partial charge in [0.15, 0.2) is 5.82 Å². The summed E-state index contributed by atoms with van der Waals surface area (Å²) in [4.78, 5) is 42.5. The molecule has 3 heterocycles. The highest BCUT2D eigenvalue weighted by molar-refractivity contribution is 6.10. The molecule has 1 saturated heterocycles. The molecule has 34 heavy (non-hydrogen) atoms. The maximum absolute atomic E-state index is 13.0. The lowest BCUT2D eigenvalue weighted by atomic mass is 10.1. The van der Waals surface area contributed by atoms with Crippen LogP contribution in [0.15, 0.2) is 51.8 Å². The van der Waals surface area contributed by atoms with Gasteiger partial charge < -0.3 is 20.9 Å². The minimum absolute atomic E-state index is 0.0829. The van der Waals surface area contributed by atoms with Crippen LogP contribution < -0.4 is 21.7 Å². The number of aromatic nitrogens is 3. The van der Waals surface area contributed by atoms with Crippen molar-refractivity contribution in [2.45, 2.75) is 18.9 Å². The first-order valence-corrected chi connectivity index (χ1v) is 10.6. The highest BCUT2D eigenvalue weighted by Gasteiger charge is 2.23. The monoisotopic (exact) mass is 457 g/mol. The maximum Gasteiger partial charge on any atom is 0.439 e. The lowest BCUT2D eigenvalue weighted by molar-refractivity contribution is -0.117. The molecule has 0 saturated carbocycles. The first kappa shape index (κ1) is 21.2. The van der Waals surface area contributed by atoms with E-state index >= 15 is 0 Å². The number of carbonyl (C=O) groups is 2. The molecule has 2 amide bonds. The molecule has 1 fully saturated rings. The average molecular weight is 457 g/mol. The van der Waals surface area contributed by atoms with E-state index in [4.69, 9.17) is 0 Å². The number of fused-ring (bicyclic) bond motifs is 1. The Morgan fingerprint density at radius 3 is 2.74 bits per heavy atom. The number of hydrogen-bond donors (Lipinski definition) is 5. The summed E-state index contributed by atoms with van der Waals surface area (Å²) in [6, 6.07) is 13.4. The second-order valence-electron chi connectivity index (χ2n) is 7.86. The van der Waals surface area contributed by atoms with E-state index in [1.807, 2.05) is 12.1 Å². The number of nitriles is 1. The third kappa shape index (κ3) is 4.05. The number of benzene rings is 2. The van der Waals surface area contributed by atoms with Crippen molar-refractivity contribution in [3.05, 3.63) is 64.3 Å². The molecule has 0 radical (unpaired) electrons. The molecule has 2 aromatic carbocycles. The van der Waals surface area contributed by atoms with E-state index in [1.165, 1.54) is 12.1 Å². The van der Waals surface area contributed by atoms with Crippen molar-refractivity contribution in [1.29, 1.82) is 5.26 Å². The Bertz CT molecular complexity index is 1500. The van der Waals surface area contributed by atoms with Crippen LogP contribution in [0, 0.1) is 11.3 Å². The van der Waals surface area contributed by atoms with Gasteiger partial charge in [0.25, 0.3) is 5.91 Å². The Kier molecular flexibility index (Phi) is 5.41. The van der Waals surface area contributed by atoms with Crippen LogP contribution in [0.2, 0.25) is 0 Å². The standard InChI is InChI=1S/C23H19N7O4/c24-11-12-6-7-15(14(9-12)20-29-23(33)34-30-20)27-22(32)18-10-13-3-1-4-16(19(13)26-18)28-21(31)17-5-2-8-25-17/h1,3-4,6-7,9-10,17,25-26H,2,5,8H2,(H,27,32)(H,28,31)(H,29,30,33). The number of aromatic amines is 2. The number of carbonyl (C=O) groups excluding carboxylic acids is 2. The zero-order valence-electron chi connectivity index (χ0n) is 17.8. The van der Waals surface area contributed by atoms with Crippen molar-refractivity contribution in [3.63, 3.8) is 0 Å². The number of rotatable bonds is 5. The SMILES string of the molecule is N#Cc1ccc(NC(=O)c2cc3cccc(NC(=O)C4CCCN4)c3[nH]2)c(-c2noc(=O)[nH]2)c1. The summed E-state index contributed by atoms with van der Waals surface area (Å²) < 4.78 is 4.56. The van der Waals surface area contributed by atoms with Gasteiger partial charge in [-0.25, -0.2) is 4.79 Å². The molecule has 11 nitrogen and oxygen atoms in total. The van der Waals surface area contributed by atoms with Crippen LogP contribution in [-0.2, 0) is 4.79 Å². The summed E-state index contributed by atoms with van der Waals surface area (Å²) in [5, 5.41) is 22.5. The van der Waals surface area contributed by atoms with Gasteiger partial charge in [0.2, 0.25) is 5.91 Å². The van der Waals surface area contributed by atoms with Gasteiger partial charge in [-0.1, -0.05) is 17.3 Å². The maximum atomic E-state index is 13.0. The van der Waals surface area contributed by atoms with Crippen molar-refractivity contribution in [2.75, 3.05) is 17.2 Å². The van der Waals surface area contributed by atoms with Gasteiger partial charge in [0, 0.05) is 10.9 Å². The van der Waals surface area contributed by atoms with E-state index in [2.05, 4.69) is 35.6 Å². The van der Waals surface area contributed by atoms with Crippen LogP contribution in [-0.4, -0.2) is 39.5 Å². The number of nitrogens with one attached hydrogen (secondary N) is 5. The molecular formula is C23H19N7O4. The number of anilines is 2. The summed E-state index contributed by atoms with van der Waals surface area (Å²) in [6.45, 7) is 0.814. The van der Waals surface area contributed by atoms with E-state index in [-0.39, 0.29) is 23.5 Å². The molecule has 2 aromatic heterocycles. The molecule has 170 valence electrons. The van der Waals surface area contributed by atoms with Crippen LogP contribution in [0.5, 0.6) is 0 Å². The van der Waals surface area contributed by atoms with Gasteiger partial charge in [0.05, 0.1) is 34.6 Å². The Morgan fingerprint density at radius 1 is 1.12 bits per heavy atom. The molecule has 1 aliphatic heterocycles. The summed E-state index contributed by atoms with van der Waals surface area (Å²) in [6.07, 6.45) is 1.73.